The fourth-order valence-electron chi connectivity index (χ4n) is 1.84. The molecule has 2 aromatic rings. The lowest BCUT2D eigenvalue weighted by Crippen LogP contribution is -2.07. The Morgan fingerprint density at radius 3 is 2.70 bits per heavy atom. The van der Waals surface area contributed by atoms with E-state index in [2.05, 4.69) is 26.5 Å². The number of pyridine rings is 1. The molecule has 0 radical (unpaired) electrons. The quantitative estimate of drug-likeness (QED) is 0.919. The first-order chi connectivity index (χ1) is 9.51. The number of anilines is 1. The zero-order valence-corrected chi connectivity index (χ0v) is 12.1. The third kappa shape index (κ3) is 2.94. The van der Waals surface area contributed by atoms with E-state index in [9.17, 15) is 5.26 Å². The van der Waals surface area contributed by atoms with Gasteiger partial charge in [0, 0.05) is 11.6 Å². The van der Waals surface area contributed by atoms with Crippen molar-refractivity contribution in [2.24, 2.45) is 0 Å². The van der Waals surface area contributed by atoms with Crippen molar-refractivity contribution in [2.75, 3.05) is 5.32 Å². The summed E-state index contributed by atoms with van der Waals surface area (Å²) >= 11 is 0. The molecule has 0 fully saturated rings. The minimum Gasteiger partial charge on any atom is -0.362 e. The number of aryl methyl sites for hydroxylation is 2. The van der Waals surface area contributed by atoms with Crippen molar-refractivity contribution in [2.45, 2.75) is 40.2 Å². The molecule has 0 saturated carbocycles. The van der Waals surface area contributed by atoms with Gasteiger partial charge in [-0.3, -0.25) is 0 Å². The van der Waals surface area contributed by atoms with E-state index in [0.29, 0.717) is 29.6 Å². The average molecular weight is 271 g/mol. The fourth-order valence-corrected chi connectivity index (χ4v) is 1.84. The molecule has 0 aromatic carbocycles. The van der Waals surface area contributed by atoms with Crippen LogP contribution in [0.3, 0.4) is 0 Å². The van der Waals surface area contributed by atoms with Crippen LogP contribution in [0.1, 0.15) is 48.3 Å². The van der Waals surface area contributed by atoms with Gasteiger partial charge in [-0.1, -0.05) is 19.0 Å². The van der Waals surface area contributed by atoms with E-state index < -0.39 is 0 Å². The number of hydrogen-bond donors (Lipinski definition) is 1. The molecule has 0 aliphatic carbocycles. The third-order valence-electron chi connectivity index (χ3n) is 2.85. The van der Waals surface area contributed by atoms with Gasteiger partial charge in [-0.25, -0.2) is 4.98 Å². The Morgan fingerprint density at radius 2 is 2.10 bits per heavy atom. The maximum Gasteiger partial charge on any atom is 0.229 e. The monoisotopic (exact) mass is 271 g/mol. The Hall–Kier alpha value is -2.42. The lowest BCUT2D eigenvalue weighted by atomic mass is 10.1. The van der Waals surface area contributed by atoms with Crippen LogP contribution in [0, 0.1) is 25.2 Å². The van der Waals surface area contributed by atoms with E-state index in [-0.39, 0.29) is 5.92 Å². The van der Waals surface area contributed by atoms with Gasteiger partial charge in [0.1, 0.15) is 11.9 Å². The largest absolute Gasteiger partial charge is 0.362 e. The molecule has 2 heterocycles. The molecule has 2 aromatic heterocycles. The molecule has 0 bridgehead atoms. The fraction of sp³-hybridized carbons (Fsp3) is 0.429. The summed E-state index contributed by atoms with van der Waals surface area (Å²) in [7, 11) is 0. The summed E-state index contributed by atoms with van der Waals surface area (Å²) in [5.74, 6) is 1.92. The van der Waals surface area contributed by atoms with Crippen molar-refractivity contribution in [3.8, 4) is 6.07 Å². The van der Waals surface area contributed by atoms with E-state index in [1.807, 2.05) is 33.8 Å². The first-order valence-electron chi connectivity index (χ1n) is 6.46. The summed E-state index contributed by atoms with van der Waals surface area (Å²) in [5, 5.41) is 16.2. The normalized spacial score (nSPS) is 10.6. The molecule has 0 atom stereocenters. The summed E-state index contributed by atoms with van der Waals surface area (Å²) in [4.78, 5) is 8.62. The SMILES string of the molecule is Cc1cc(C)c(C#N)c(NCc2noc(C(C)C)n2)n1. The summed E-state index contributed by atoms with van der Waals surface area (Å²) in [6.07, 6.45) is 0. The van der Waals surface area contributed by atoms with Crippen LogP contribution in [0.2, 0.25) is 0 Å². The van der Waals surface area contributed by atoms with E-state index >= 15 is 0 Å². The maximum absolute atomic E-state index is 9.18. The number of aromatic nitrogens is 3. The molecule has 0 saturated heterocycles. The van der Waals surface area contributed by atoms with Crippen molar-refractivity contribution in [1.82, 2.24) is 15.1 Å². The molecular weight excluding hydrogens is 254 g/mol. The van der Waals surface area contributed by atoms with Gasteiger partial charge in [0.15, 0.2) is 5.82 Å². The van der Waals surface area contributed by atoms with E-state index in [0.717, 1.165) is 11.3 Å². The van der Waals surface area contributed by atoms with Gasteiger partial charge in [0.25, 0.3) is 0 Å². The predicted octanol–water partition coefficient (Wildman–Crippen LogP) is 2.69. The minimum atomic E-state index is 0.199. The van der Waals surface area contributed by atoms with E-state index in [1.54, 1.807) is 0 Å². The predicted molar refractivity (Wildman–Crippen MR) is 74.1 cm³/mol. The first-order valence-corrected chi connectivity index (χ1v) is 6.46. The van der Waals surface area contributed by atoms with Crippen LogP contribution in [0.5, 0.6) is 0 Å². The summed E-state index contributed by atoms with van der Waals surface area (Å²) in [5.41, 5.74) is 2.31. The third-order valence-corrected chi connectivity index (χ3v) is 2.85. The zero-order chi connectivity index (χ0) is 14.7. The zero-order valence-electron chi connectivity index (χ0n) is 12.1. The highest BCUT2D eigenvalue weighted by Gasteiger charge is 2.12. The highest BCUT2D eigenvalue weighted by atomic mass is 16.5. The van der Waals surface area contributed by atoms with E-state index in [4.69, 9.17) is 4.52 Å². The lowest BCUT2D eigenvalue weighted by molar-refractivity contribution is 0.361. The van der Waals surface area contributed by atoms with Gasteiger partial charge in [0.2, 0.25) is 5.89 Å². The summed E-state index contributed by atoms with van der Waals surface area (Å²) < 4.78 is 5.13. The van der Waals surface area contributed by atoms with Crippen LogP contribution in [-0.4, -0.2) is 15.1 Å². The molecule has 0 spiro atoms. The first kappa shape index (κ1) is 14.0. The minimum absolute atomic E-state index is 0.199. The lowest BCUT2D eigenvalue weighted by Gasteiger charge is -2.08. The maximum atomic E-state index is 9.18. The van der Waals surface area contributed by atoms with Gasteiger partial charge in [-0.05, 0) is 25.5 Å². The molecule has 0 amide bonds. The number of nitrogens with zero attached hydrogens (tertiary/aromatic N) is 4. The number of nitriles is 1. The summed E-state index contributed by atoms with van der Waals surface area (Å²) in [6, 6.07) is 4.05. The molecule has 0 unspecified atom stereocenters. The smallest absolute Gasteiger partial charge is 0.229 e. The molecular formula is C14H17N5O. The van der Waals surface area contributed by atoms with Crippen molar-refractivity contribution in [3.63, 3.8) is 0 Å². The van der Waals surface area contributed by atoms with Crippen molar-refractivity contribution >= 4 is 5.82 Å². The molecule has 104 valence electrons. The molecule has 0 aliphatic heterocycles. The van der Waals surface area contributed by atoms with Crippen LogP contribution in [0.15, 0.2) is 10.6 Å². The number of rotatable bonds is 4. The van der Waals surface area contributed by atoms with Gasteiger partial charge in [-0.2, -0.15) is 10.2 Å². The van der Waals surface area contributed by atoms with Crippen molar-refractivity contribution in [1.29, 1.82) is 5.26 Å². The molecule has 2 rings (SSSR count). The Morgan fingerprint density at radius 1 is 1.35 bits per heavy atom. The molecule has 0 aliphatic rings. The highest BCUT2D eigenvalue weighted by Crippen LogP contribution is 2.18. The Bertz CT molecular complexity index is 654. The Kier molecular flexibility index (Phi) is 3.99. The number of nitrogens with one attached hydrogen (secondary N) is 1. The Labute approximate surface area is 117 Å². The highest BCUT2D eigenvalue weighted by molar-refractivity contribution is 5.56. The van der Waals surface area contributed by atoms with Crippen LogP contribution >= 0.6 is 0 Å². The molecule has 6 nitrogen and oxygen atoms in total. The van der Waals surface area contributed by atoms with E-state index in [1.165, 1.54) is 0 Å². The second-order valence-corrected chi connectivity index (χ2v) is 4.97. The standard InChI is InChI=1S/C14H17N5O/c1-8(2)14-18-12(19-20-14)7-16-13-11(6-15)9(3)5-10(4)17-13/h5,8H,7H2,1-4H3,(H,16,17). The van der Waals surface area contributed by atoms with Crippen molar-refractivity contribution < 1.29 is 4.52 Å². The van der Waals surface area contributed by atoms with Crippen LogP contribution in [0.4, 0.5) is 5.82 Å². The van der Waals surface area contributed by atoms with Gasteiger partial charge >= 0.3 is 0 Å². The second kappa shape index (κ2) is 5.70. The van der Waals surface area contributed by atoms with Crippen LogP contribution in [0.25, 0.3) is 0 Å². The Balaban J connectivity index is 2.16. The van der Waals surface area contributed by atoms with Gasteiger partial charge in [0.05, 0.1) is 12.1 Å². The van der Waals surface area contributed by atoms with Crippen LogP contribution < -0.4 is 5.32 Å². The molecule has 1 N–H and O–H groups in total. The molecule has 20 heavy (non-hydrogen) atoms. The average Bonchev–Trinajstić information content (AvgIpc) is 2.84. The van der Waals surface area contributed by atoms with Crippen LogP contribution in [-0.2, 0) is 6.54 Å². The second-order valence-electron chi connectivity index (χ2n) is 4.97. The number of hydrogen-bond acceptors (Lipinski definition) is 6. The topological polar surface area (TPSA) is 87.6 Å². The van der Waals surface area contributed by atoms with Gasteiger partial charge < -0.3 is 9.84 Å². The molecule has 6 heteroatoms. The van der Waals surface area contributed by atoms with Gasteiger partial charge in [-0.15, -0.1) is 0 Å². The summed E-state index contributed by atoms with van der Waals surface area (Å²) in [6.45, 7) is 8.14. The van der Waals surface area contributed by atoms with Crippen molar-refractivity contribution in [3.05, 3.63) is 34.6 Å².